The Balaban J connectivity index is 0. The van der Waals surface area contributed by atoms with Gasteiger partial charge in [-0.25, -0.2) is 0 Å². The van der Waals surface area contributed by atoms with E-state index in [4.69, 9.17) is 0 Å². The Morgan fingerprint density at radius 3 is 2.08 bits per heavy atom. The van der Waals surface area contributed by atoms with Gasteiger partial charge in [0.2, 0.25) is 0 Å². The van der Waals surface area contributed by atoms with Crippen LogP contribution in [0.4, 0.5) is 0 Å². The van der Waals surface area contributed by atoms with E-state index in [1.54, 1.807) is 0 Å². The molecule has 0 aromatic heterocycles. The molecule has 0 saturated carbocycles. The van der Waals surface area contributed by atoms with E-state index in [0.29, 0.717) is 0 Å². The van der Waals surface area contributed by atoms with Gasteiger partial charge in [-0.3, -0.25) is 4.31 Å². The molecule has 0 bridgehead atoms. The molecular formula is C10H25NS. The average Bonchev–Trinajstić information content (AvgIpc) is 2.05. The van der Waals surface area contributed by atoms with Crippen molar-refractivity contribution in [2.75, 3.05) is 19.3 Å². The SMILES string of the molecule is CC.CCCN(C)SCC(C)C. The van der Waals surface area contributed by atoms with E-state index in [0.717, 1.165) is 5.92 Å². The lowest BCUT2D eigenvalue weighted by molar-refractivity contribution is 0.555. The Kier molecular flexibility index (Phi) is 14.0. The van der Waals surface area contributed by atoms with Gasteiger partial charge in [-0.05, 0) is 19.4 Å². The summed E-state index contributed by atoms with van der Waals surface area (Å²) in [5, 5.41) is 0. The largest absolute Gasteiger partial charge is 0.254 e. The zero-order chi connectivity index (χ0) is 9.98. The molecule has 0 rings (SSSR count). The topological polar surface area (TPSA) is 3.24 Å². The molecule has 0 aliphatic carbocycles. The average molecular weight is 191 g/mol. The number of rotatable bonds is 5. The fraction of sp³-hybridized carbons (Fsp3) is 1.00. The predicted molar refractivity (Wildman–Crippen MR) is 61.6 cm³/mol. The van der Waals surface area contributed by atoms with Gasteiger partial charge in [-0.1, -0.05) is 46.6 Å². The van der Waals surface area contributed by atoms with Crippen LogP contribution in [0.2, 0.25) is 0 Å². The van der Waals surface area contributed by atoms with Crippen molar-refractivity contribution in [2.24, 2.45) is 5.92 Å². The number of hydrogen-bond acceptors (Lipinski definition) is 2. The van der Waals surface area contributed by atoms with E-state index in [-0.39, 0.29) is 0 Å². The Morgan fingerprint density at radius 1 is 1.25 bits per heavy atom. The van der Waals surface area contributed by atoms with E-state index in [2.05, 4.69) is 32.1 Å². The maximum atomic E-state index is 2.32. The van der Waals surface area contributed by atoms with Crippen LogP contribution >= 0.6 is 11.9 Å². The van der Waals surface area contributed by atoms with Gasteiger partial charge in [0, 0.05) is 12.3 Å². The van der Waals surface area contributed by atoms with Gasteiger partial charge >= 0.3 is 0 Å². The molecule has 0 radical (unpaired) electrons. The second kappa shape index (κ2) is 11.3. The molecule has 0 amide bonds. The smallest absolute Gasteiger partial charge is 0.0104 e. The molecule has 0 heterocycles. The maximum absolute atomic E-state index is 2.32. The van der Waals surface area contributed by atoms with Gasteiger partial charge in [0.25, 0.3) is 0 Å². The van der Waals surface area contributed by atoms with Crippen molar-refractivity contribution in [3.8, 4) is 0 Å². The third-order valence-electron chi connectivity index (χ3n) is 1.17. The molecule has 2 heteroatoms. The number of nitrogens with zero attached hydrogens (tertiary/aromatic N) is 1. The lowest BCUT2D eigenvalue weighted by Gasteiger charge is -2.14. The van der Waals surface area contributed by atoms with Crippen molar-refractivity contribution < 1.29 is 0 Å². The molecule has 0 N–H and O–H groups in total. The minimum Gasteiger partial charge on any atom is -0.254 e. The molecule has 0 spiro atoms. The maximum Gasteiger partial charge on any atom is 0.0104 e. The Labute approximate surface area is 83.0 Å². The summed E-state index contributed by atoms with van der Waals surface area (Å²) in [6, 6.07) is 0. The van der Waals surface area contributed by atoms with Crippen molar-refractivity contribution in [1.29, 1.82) is 0 Å². The van der Waals surface area contributed by atoms with Crippen LogP contribution in [-0.4, -0.2) is 23.7 Å². The lowest BCUT2D eigenvalue weighted by Crippen LogP contribution is -2.11. The summed E-state index contributed by atoms with van der Waals surface area (Å²) in [4.78, 5) is 0. The molecule has 12 heavy (non-hydrogen) atoms. The first-order valence-electron chi connectivity index (χ1n) is 5.00. The van der Waals surface area contributed by atoms with E-state index < -0.39 is 0 Å². The van der Waals surface area contributed by atoms with Crippen LogP contribution in [0.5, 0.6) is 0 Å². The molecule has 0 aliphatic rings. The molecule has 0 aliphatic heterocycles. The summed E-state index contributed by atoms with van der Waals surface area (Å²) in [6.07, 6.45) is 1.25. The van der Waals surface area contributed by atoms with Gasteiger partial charge in [-0.15, -0.1) is 0 Å². The zero-order valence-electron chi connectivity index (χ0n) is 9.55. The van der Waals surface area contributed by atoms with Crippen LogP contribution in [0.1, 0.15) is 41.0 Å². The van der Waals surface area contributed by atoms with Gasteiger partial charge in [0.15, 0.2) is 0 Å². The summed E-state index contributed by atoms with van der Waals surface area (Å²) in [5.74, 6) is 2.06. The van der Waals surface area contributed by atoms with Crippen LogP contribution in [0.25, 0.3) is 0 Å². The normalized spacial score (nSPS) is 10.0. The van der Waals surface area contributed by atoms with Gasteiger partial charge in [0.05, 0.1) is 0 Å². The molecule has 76 valence electrons. The summed E-state index contributed by atoms with van der Waals surface area (Å²) in [6.45, 7) is 11.9. The van der Waals surface area contributed by atoms with Crippen molar-refractivity contribution in [3.63, 3.8) is 0 Å². The van der Waals surface area contributed by atoms with Crippen LogP contribution in [0, 0.1) is 5.92 Å². The molecule has 1 nitrogen and oxygen atoms in total. The lowest BCUT2D eigenvalue weighted by atomic mass is 10.3. The van der Waals surface area contributed by atoms with Crippen LogP contribution in [0.3, 0.4) is 0 Å². The van der Waals surface area contributed by atoms with Crippen molar-refractivity contribution in [2.45, 2.75) is 41.0 Å². The Morgan fingerprint density at radius 2 is 1.75 bits per heavy atom. The Hall–Kier alpha value is 0.310. The second-order valence-corrected chi connectivity index (χ2v) is 4.26. The van der Waals surface area contributed by atoms with Crippen LogP contribution in [-0.2, 0) is 0 Å². The summed E-state index contributed by atoms with van der Waals surface area (Å²) >= 11 is 1.94. The molecule has 0 saturated heterocycles. The minimum atomic E-state index is 0.810. The first-order valence-corrected chi connectivity index (χ1v) is 5.95. The first-order chi connectivity index (χ1) is 5.66. The van der Waals surface area contributed by atoms with Gasteiger partial charge in [-0.2, -0.15) is 0 Å². The fourth-order valence-corrected chi connectivity index (χ4v) is 1.52. The first kappa shape index (κ1) is 14.8. The highest BCUT2D eigenvalue weighted by Crippen LogP contribution is 2.11. The van der Waals surface area contributed by atoms with E-state index in [9.17, 15) is 0 Å². The number of hydrogen-bond donors (Lipinski definition) is 0. The quantitative estimate of drug-likeness (QED) is 0.610. The van der Waals surface area contributed by atoms with Crippen molar-refractivity contribution in [1.82, 2.24) is 4.31 Å². The highest BCUT2D eigenvalue weighted by molar-refractivity contribution is 7.97. The third kappa shape index (κ3) is 12.9. The molecule has 0 unspecified atom stereocenters. The van der Waals surface area contributed by atoms with Crippen molar-refractivity contribution >= 4 is 11.9 Å². The Bertz CT molecular complexity index is 74.2. The van der Waals surface area contributed by atoms with E-state index in [1.807, 2.05) is 25.8 Å². The van der Waals surface area contributed by atoms with E-state index in [1.165, 1.54) is 18.7 Å². The molecule has 0 fully saturated rings. The zero-order valence-corrected chi connectivity index (χ0v) is 10.4. The van der Waals surface area contributed by atoms with Gasteiger partial charge < -0.3 is 0 Å². The predicted octanol–water partition coefficient (Wildman–Crippen LogP) is 3.66. The third-order valence-corrected chi connectivity index (χ3v) is 2.61. The molecule has 0 aromatic rings. The molecule has 0 aromatic carbocycles. The van der Waals surface area contributed by atoms with Crippen molar-refractivity contribution in [3.05, 3.63) is 0 Å². The minimum absolute atomic E-state index is 0.810. The fourth-order valence-electron chi connectivity index (χ4n) is 0.656. The van der Waals surface area contributed by atoms with Gasteiger partial charge in [0.1, 0.15) is 0 Å². The second-order valence-electron chi connectivity index (χ2n) is 3.04. The van der Waals surface area contributed by atoms with E-state index >= 15 is 0 Å². The monoisotopic (exact) mass is 191 g/mol. The summed E-state index contributed by atoms with van der Waals surface area (Å²) < 4.78 is 2.32. The van der Waals surface area contributed by atoms with Crippen LogP contribution in [0.15, 0.2) is 0 Å². The molecular weight excluding hydrogens is 166 g/mol. The summed E-state index contributed by atoms with van der Waals surface area (Å²) in [7, 11) is 2.16. The van der Waals surface area contributed by atoms with Crippen LogP contribution < -0.4 is 0 Å². The summed E-state index contributed by atoms with van der Waals surface area (Å²) in [5.41, 5.74) is 0. The highest BCUT2D eigenvalue weighted by Gasteiger charge is 1.98. The highest BCUT2D eigenvalue weighted by atomic mass is 32.2. The standard InChI is InChI=1S/C8H19NS.C2H6/c1-5-6-9(4)10-7-8(2)3;1-2/h8H,5-7H2,1-4H3;1-2H3. The molecule has 0 atom stereocenters.